The summed E-state index contributed by atoms with van der Waals surface area (Å²) in [4.78, 5) is 0. The molecule has 0 aliphatic heterocycles. The lowest BCUT2D eigenvalue weighted by atomic mass is 10.3. The molecule has 0 fully saturated rings. The molecule has 4 aromatic rings. The molecule has 0 spiro atoms. The fourth-order valence-corrected chi connectivity index (χ4v) is 13.4. The van der Waals surface area contributed by atoms with E-state index in [1.165, 1.54) is 32.7 Å². The minimum Gasteiger partial charge on any atom is -1.00 e. The largest absolute Gasteiger partial charge is 1.00 e. The molecule has 0 radical (unpaired) electrons. The Labute approximate surface area is 207 Å². The smallest absolute Gasteiger partial charge is 0.0999 e. The summed E-state index contributed by atoms with van der Waals surface area (Å²) in [5, 5.41) is 5.93. The van der Waals surface area contributed by atoms with Crippen molar-refractivity contribution in [2.45, 2.75) is 13.8 Å². The van der Waals surface area contributed by atoms with Crippen LogP contribution in [0.15, 0.2) is 133 Å². The van der Waals surface area contributed by atoms with Gasteiger partial charge in [-0.25, -0.2) is 0 Å². The molecule has 0 saturated heterocycles. The van der Waals surface area contributed by atoms with Crippen molar-refractivity contribution in [3.63, 3.8) is 0 Å². The lowest BCUT2D eigenvalue weighted by Crippen LogP contribution is -3.00. The molecule has 0 unspecified atom stereocenters. The second kappa shape index (κ2) is 12.3. The van der Waals surface area contributed by atoms with Crippen molar-refractivity contribution in [1.29, 1.82) is 0 Å². The number of benzene rings is 4. The molecule has 0 aliphatic rings. The van der Waals surface area contributed by atoms with Crippen molar-refractivity contribution in [1.82, 2.24) is 0 Å². The minimum absolute atomic E-state index is 0. The Morgan fingerprint density at radius 2 is 0.970 bits per heavy atom. The molecule has 0 atom stereocenters. The average molecular weight is 489 g/mol. The zero-order valence-corrected chi connectivity index (χ0v) is 21.9. The summed E-state index contributed by atoms with van der Waals surface area (Å²) in [5.74, 6) is 1.17. The van der Waals surface area contributed by atoms with E-state index in [9.17, 15) is 0 Å². The first-order valence-electron chi connectivity index (χ1n) is 11.2. The van der Waals surface area contributed by atoms with Gasteiger partial charge < -0.3 is 12.4 Å². The van der Waals surface area contributed by atoms with Crippen LogP contribution in [0.2, 0.25) is 0 Å². The Bertz CT molecular complexity index is 1040. The fraction of sp³-hybridized carbons (Fsp3) is 0.133. The summed E-state index contributed by atoms with van der Waals surface area (Å²) in [6, 6.07) is 44.9. The highest BCUT2D eigenvalue weighted by Gasteiger charge is 2.44. The van der Waals surface area contributed by atoms with Crippen LogP contribution in [0.1, 0.15) is 13.8 Å². The summed E-state index contributed by atoms with van der Waals surface area (Å²) in [7, 11) is -2.19. The second-order valence-electron chi connectivity index (χ2n) is 8.34. The van der Waals surface area contributed by atoms with Crippen molar-refractivity contribution in [2.75, 3.05) is 12.1 Å². The molecule has 0 bridgehead atoms. The number of hydrogen-bond acceptors (Lipinski definition) is 0. The Morgan fingerprint density at radius 3 is 1.33 bits per heavy atom. The predicted molar refractivity (Wildman–Crippen MR) is 147 cm³/mol. The number of hydrogen-bond donors (Lipinski definition) is 0. The fourth-order valence-electron chi connectivity index (χ4n) is 4.12. The van der Waals surface area contributed by atoms with Crippen LogP contribution in [0, 0.1) is 0 Å². The third kappa shape index (κ3) is 6.22. The van der Waals surface area contributed by atoms with Crippen LogP contribution in [-0.2, 0) is 0 Å². The SMILES string of the molecule is CC(C)=CC[P+](CP(c1ccccc1)c1ccccc1)(c1ccccc1)c1ccccc1.[Cl-]. The third-order valence-corrected chi connectivity index (χ3v) is 14.1. The van der Waals surface area contributed by atoms with Crippen LogP contribution in [0.5, 0.6) is 0 Å². The van der Waals surface area contributed by atoms with Gasteiger partial charge in [0.05, 0.1) is 29.9 Å². The topological polar surface area (TPSA) is 0 Å². The number of halogens is 1. The van der Waals surface area contributed by atoms with Gasteiger partial charge in [-0.05, 0) is 62.7 Å². The normalized spacial score (nSPS) is 11.0. The summed E-state index contributed by atoms with van der Waals surface area (Å²) in [6.45, 7) is 4.45. The highest BCUT2D eigenvalue weighted by Crippen LogP contribution is 2.63. The van der Waals surface area contributed by atoms with E-state index >= 15 is 0 Å². The van der Waals surface area contributed by atoms with Crippen molar-refractivity contribution in [3.8, 4) is 0 Å². The molecule has 4 rings (SSSR count). The zero-order valence-electron chi connectivity index (χ0n) is 19.3. The molecule has 3 heteroatoms. The number of rotatable bonds is 8. The van der Waals surface area contributed by atoms with Gasteiger partial charge in [-0.3, -0.25) is 0 Å². The van der Waals surface area contributed by atoms with Gasteiger partial charge in [0.25, 0.3) is 0 Å². The Balaban J connectivity index is 0.00000306. The first kappa shape index (κ1) is 25.4. The molecular formula is C30H31ClP2. The average Bonchev–Trinajstić information content (AvgIpc) is 2.86. The van der Waals surface area contributed by atoms with Crippen LogP contribution < -0.4 is 33.6 Å². The summed E-state index contributed by atoms with van der Waals surface area (Å²) >= 11 is 0. The van der Waals surface area contributed by atoms with Crippen molar-refractivity contribution < 1.29 is 12.4 Å². The van der Waals surface area contributed by atoms with Crippen molar-refractivity contribution in [3.05, 3.63) is 133 Å². The summed E-state index contributed by atoms with van der Waals surface area (Å²) < 4.78 is 0. The van der Waals surface area contributed by atoms with Crippen molar-refractivity contribution >= 4 is 36.4 Å². The number of allylic oxidation sites excluding steroid dienone is 2. The highest BCUT2D eigenvalue weighted by molar-refractivity contribution is 7.98. The maximum absolute atomic E-state index is 2.47. The molecular weight excluding hydrogens is 458 g/mol. The molecule has 0 saturated carbocycles. The van der Waals surface area contributed by atoms with Crippen LogP contribution in [0.4, 0.5) is 0 Å². The van der Waals surface area contributed by atoms with Gasteiger partial charge in [-0.1, -0.05) is 103 Å². The van der Waals surface area contributed by atoms with Crippen LogP contribution in [0.25, 0.3) is 0 Å². The van der Waals surface area contributed by atoms with E-state index in [4.69, 9.17) is 0 Å². The van der Waals surface area contributed by atoms with E-state index in [2.05, 4.69) is 141 Å². The molecule has 0 amide bonds. The van der Waals surface area contributed by atoms with Gasteiger partial charge in [0.1, 0.15) is 0 Å². The van der Waals surface area contributed by atoms with Crippen LogP contribution in [-0.4, -0.2) is 12.1 Å². The van der Waals surface area contributed by atoms with Crippen LogP contribution >= 0.6 is 15.2 Å². The quantitative estimate of drug-likeness (QED) is 0.262. The molecule has 168 valence electrons. The molecule has 4 aromatic carbocycles. The molecule has 0 heterocycles. The van der Waals surface area contributed by atoms with Gasteiger partial charge >= 0.3 is 0 Å². The van der Waals surface area contributed by atoms with Gasteiger partial charge in [0.2, 0.25) is 0 Å². The molecule has 0 N–H and O–H groups in total. The molecule has 0 aromatic heterocycles. The monoisotopic (exact) mass is 488 g/mol. The van der Waals surface area contributed by atoms with E-state index in [-0.39, 0.29) is 12.4 Å². The van der Waals surface area contributed by atoms with Crippen molar-refractivity contribution in [2.24, 2.45) is 0 Å². The van der Waals surface area contributed by atoms with E-state index in [0.717, 1.165) is 6.16 Å². The summed E-state index contributed by atoms with van der Waals surface area (Å²) in [5.41, 5.74) is 1.39. The summed E-state index contributed by atoms with van der Waals surface area (Å²) in [6.07, 6.45) is 3.57. The maximum Gasteiger partial charge on any atom is 0.0999 e. The molecule has 0 nitrogen and oxygen atoms in total. The standard InChI is InChI=1S/C30H31P2.ClH/c1-26(2)23-24-32(29-19-11-5-12-20-29,30-21-13-6-14-22-30)25-31(27-15-7-3-8-16-27)28-17-9-4-10-18-28;/h3-23H,24-25H2,1-2H3;1H/q+1;/p-1. The van der Waals surface area contributed by atoms with E-state index < -0.39 is 15.2 Å². The first-order valence-corrected chi connectivity index (χ1v) is 14.9. The third-order valence-electron chi connectivity index (χ3n) is 5.83. The van der Waals surface area contributed by atoms with Gasteiger partial charge in [-0.2, -0.15) is 0 Å². The maximum atomic E-state index is 2.47. The van der Waals surface area contributed by atoms with E-state index in [1.807, 2.05) is 0 Å². The van der Waals surface area contributed by atoms with Gasteiger partial charge in [-0.15, -0.1) is 0 Å². The van der Waals surface area contributed by atoms with E-state index in [1.54, 1.807) is 0 Å². The second-order valence-corrected chi connectivity index (χ2v) is 14.7. The Morgan fingerprint density at radius 1 is 0.606 bits per heavy atom. The minimum atomic E-state index is -1.69. The lowest BCUT2D eigenvalue weighted by Gasteiger charge is -2.31. The van der Waals surface area contributed by atoms with Crippen LogP contribution in [0.3, 0.4) is 0 Å². The van der Waals surface area contributed by atoms with Gasteiger partial charge in [0, 0.05) is 0 Å². The first-order chi connectivity index (χ1) is 15.7. The molecule has 33 heavy (non-hydrogen) atoms. The zero-order chi connectivity index (χ0) is 22.2. The Kier molecular flexibility index (Phi) is 9.46. The molecule has 0 aliphatic carbocycles. The lowest BCUT2D eigenvalue weighted by molar-refractivity contribution is -0.00000636. The van der Waals surface area contributed by atoms with Gasteiger partial charge in [0.15, 0.2) is 0 Å². The Hall–Kier alpha value is -2.23. The highest BCUT2D eigenvalue weighted by atomic mass is 35.5. The predicted octanol–water partition coefficient (Wildman–Crippen LogP) is 3.72. The van der Waals surface area contributed by atoms with E-state index in [0.29, 0.717) is 0 Å².